The van der Waals surface area contributed by atoms with Crippen LogP contribution in [-0.4, -0.2) is 75.4 Å². The van der Waals surface area contributed by atoms with Crippen molar-refractivity contribution in [3.8, 4) is 0 Å². The van der Waals surface area contributed by atoms with Gasteiger partial charge in [-0.2, -0.15) is 0 Å². The third-order valence-electron chi connectivity index (χ3n) is 8.08. The number of phosphoric acid groups is 1. The molecule has 2 atom stereocenters. The highest BCUT2D eigenvalue weighted by atomic mass is 31.2. The number of quaternary nitrogens is 1. The number of phosphoric ester groups is 1. The van der Waals surface area contributed by atoms with Crippen molar-refractivity contribution in [2.24, 2.45) is 0 Å². The van der Waals surface area contributed by atoms with E-state index in [2.05, 4.69) is 14.0 Å². The molecule has 2 unspecified atom stereocenters. The number of unbranched alkanes of at least 4 members (excludes halogenated alkanes) is 15. The summed E-state index contributed by atoms with van der Waals surface area (Å²) >= 11 is 0. The number of hydrogen-bond acceptors (Lipinski definition) is 8. The van der Waals surface area contributed by atoms with Gasteiger partial charge in [0.1, 0.15) is 31.5 Å². The van der Waals surface area contributed by atoms with Gasteiger partial charge >= 0.3 is 5.97 Å². The van der Waals surface area contributed by atoms with Crippen LogP contribution in [0.4, 0.5) is 0 Å². The van der Waals surface area contributed by atoms with E-state index in [9.17, 15) is 19.0 Å². The first-order valence-electron chi connectivity index (χ1n) is 16.9. The quantitative estimate of drug-likeness (QED) is 0.0292. The van der Waals surface area contributed by atoms with E-state index in [1.54, 1.807) is 0 Å². The van der Waals surface area contributed by atoms with E-state index in [4.69, 9.17) is 18.5 Å². The van der Waals surface area contributed by atoms with Crippen LogP contribution < -0.4 is 4.89 Å². The highest BCUT2D eigenvalue weighted by molar-refractivity contribution is 7.45. The molecule has 0 spiro atoms. The van der Waals surface area contributed by atoms with Crippen molar-refractivity contribution in [1.29, 1.82) is 0 Å². The second kappa shape index (κ2) is 24.5. The Balaban J connectivity index is 2.13. The van der Waals surface area contributed by atoms with Crippen LogP contribution in [0.2, 0.25) is 0 Å². The van der Waals surface area contributed by atoms with Crippen LogP contribution in [0.15, 0.2) is 0 Å². The molecule has 1 aliphatic heterocycles. The third-order valence-corrected chi connectivity index (χ3v) is 9.05. The summed E-state index contributed by atoms with van der Waals surface area (Å²) in [5, 5.41) is 0. The summed E-state index contributed by atoms with van der Waals surface area (Å²) in [6, 6.07) is 0. The minimum absolute atomic E-state index is 0.00263. The second-order valence-corrected chi connectivity index (χ2v) is 13.9. The number of hydrogen-bond donors (Lipinski definition) is 0. The Morgan fingerprint density at radius 2 is 1.26 bits per heavy atom. The Kier molecular flexibility index (Phi) is 22.9. The van der Waals surface area contributed by atoms with Crippen molar-refractivity contribution in [3.05, 3.63) is 0 Å². The molecule has 1 rings (SSSR count). The monoisotopic (exact) mass is 619 g/mol. The first kappa shape index (κ1) is 39.2. The average molecular weight is 620 g/mol. The first-order chi connectivity index (χ1) is 20.2. The molecule has 1 aliphatic rings. The van der Waals surface area contributed by atoms with Crippen molar-refractivity contribution in [2.75, 3.05) is 53.1 Å². The van der Waals surface area contributed by atoms with E-state index in [1.807, 2.05) is 0 Å². The van der Waals surface area contributed by atoms with E-state index >= 15 is 0 Å². The molecule has 0 bridgehead atoms. The number of rotatable bonds is 29. The Hall–Kier alpha value is -0.830. The SMILES string of the molecule is CCCCCCCCCCCCCCCCCCOCC(COP(=O)([O-])OCC[N+]1(C)CCCC1)OC(=O)CC(C)=O. The zero-order valence-electron chi connectivity index (χ0n) is 27.1. The molecule has 9 nitrogen and oxygen atoms in total. The van der Waals surface area contributed by atoms with Gasteiger partial charge in [-0.3, -0.25) is 14.2 Å². The zero-order chi connectivity index (χ0) is 30.9. The Morgan fingerprint density at radius 3 is 1.76 bits per heavy atom. The highest BCUT2D eigenvalue weighted by Gasteiger charge is 2.27. The van der Waals surface area contributed by atoms with Gasteiger partial charge in [-0.1, -0.05) is 103 Å². The number of carbonyl (C=O) groups excluding carboxylic acids is 2. The lowest BCUT2D eigenvalue weighted by Crippen LogP contribution is -2.43. The van der Waals surface area contributed by atoms with Crippen molar-refractivity contribution in [3.63, 3.8) is 0 Å². The maximum absolute atomic E-state index is 12.3. The van der Waals surface area contributed by atoms with Gasteiger partial charge in [0.2, 0.25) is 0 Å². The fraction of sp³-hybridized carbons (Fsp3) is 0.938. The smallest absolute Gasteiger partial charge is 0.313 e. The molecule has 248 valence electrons. The summed E-state index contributed by atoms with van der Waals surface area (Å²) in [6.07, 6.45) is 21.6. The lowest BCUT2D eigenvalue weighted by Gasteiger charge is -2.31. The molecule has 0 saturated carbocycles. The predicted molar refractivity (Wildman–Crippen MR) is 165 cm³/mol. The predicted octanol–water partition coefficient (Wildman–Crippen LogP) is 6.90. The number of nitrogens with zero attached hydrogens (tertiary/aromatic N) is 1. The molecule has 0 N–H and O–H groups in total. The normalized spacial score (nSPS) is 16.8. The summed E-state index contributed by atoms with van der Waals surface area (Å²) < 4.78 is 34.0. The minimum atomic E-state index is -4.56. The van der Waals surface area contributed by atoms with Gasteiger partial charge < -0.3 is 27.9 Å². The summed E-state index contributed by atoms with van der Waals surface area (Å²) in [7, 11) is -2.46. The molecule has 0 amide bonds. The Bertz CT molecular complexity index is 744. The molecule has 10 heteroatoms. The maximum Gasteiger partial charge on any atom is 0.313 e. The number of ether oxygens (including phenoxy) is 2. The molecule has 1 heterocycles. The van der Waals surface area contributed by atoms with Crippen molar-refractivity contribution < 1.29 is 42.1 Å². The lowest BCUT2D eigenvalue weighted by molar-refractivity contribution is -0.897. The molecule has 0 aromatic carbocycles. The number of likely N-dealkylation sites (N-methyl/N-ethyl adjacent to an activating group) is 1. The van der Waals surface area contributed by atoms with Gasteiger partial charge in [-0.05, 0) is 13.3 Å². The second-order valence-electron chi connectivity index (χ2n) is 12.4. The van der Waals surface area contributed by atoms with Crippen molar-refractivity contribution in [2.45, 2.75) is 142 Å². The largest absolute Gasteiger partial charge is 0.756 e. The van der Waals surface area contributed by atoms with Crippen LogP contribution in [0.1, 0.15) is 136 Å². The molecule has 42 heavy (non-hydrogen) atoms. The molecule has 0 aromatic rings. The third kappa shape index (κ3) is 22.7. The Morgan fingerprint density at radius 1 is 0.762 bits per heavy atom. The standard InChI is InChI=1S/C32H62NO8P/c1-4-5-6-7-8-9-10-11-12-13-14-15-16-17-18-21-25-38-28-31(41-32(35)27-30(2)34)29-40-42(36,37)39-26-24-33(3)22-19-20-23-33/h31H,4-29H2,1-3H3. The van der Waals surface area contributed by atoms with Crippen molar-refractivity contribution in [1.82, 2.24) is 0 Å². The summed E-state index contributed by atoms with van der Waals surface area (Å²) in [6.45, 7) is 6.30. The summed E-state index contributed by atoms with van der Waals surface area (Å²) in [5.74, 6) is -1.06. The lowest BCUT2D eigenvalue weighted by atomic mass is 10.0. The van der Waals surface area contributed by atoms with Crippen molar-refractivity contribution >= 4 is 19.6 Å². The van der Waals surface area contributed by atoms with Crippen LogP contribution in [0.3, 0.4) is 0 Å². The Labute approximate surface area is 256 Å². The fourth-order valence-electron chi connectivity index (χ4n) is 5.42. The van der Waals surface area contributed by atoms with E-state index in [1.165, 1.54) is 90.4 Å². The number of esters is 1. The van der Waals surface area contributed by atoms with Gasteiger partial charge in [-0.15, -0.1) is 0 Å². The van der Waals surface area contributed by atoms with Gasteiger partial charge in [0.25, 0.3) is 7.82 Å². The fourth-order valence-corrected chi connectivity index (χ4v) is 6.15. The summed E-state index contributed by atoms with van der Waals surface area (Å²) in [5.41, 5.74) is 0. The van der Waals surface area contributed by atoms with Crippen LogP contribution in [-0.2, 0) is 32.7 Å². The van der Waals surface area contributed by atoms with Crippen LogP contribution >= 0.6 is 7.82 Å². The number of carbonyl (C=O) groups is 2. The van der Waals surface area contributed by atoms with E-state index in [-0.39, 0.29) is 25.4 Å². The number of likely N-dealkylation sites (tertiary alicyclic amines) is 1. The molecule has 0 aromatic heterocycles. The summed E-state index contributed by atoms with van der Waals surface area (Å²) in [4.78, 5) is 35.5. The van der Waals surface area contributed by atoms with Gasteiger partial charge in [0.05, 0.1) is 33.4 Å². The average Bonchev–Trinajstić information content (AvgIpc) is 3.36. The topological polar surface area (TPSA) is 111 Å². The molecule has 1 saturated heterocycles. The first-order valence-corrected chi connectivity index (χ1v) is 18.3. The van der Waals surface area contributed by atoms with Crippen LogP contribution in [0, 0.1) is 0 Å². The highest BCUT2D eigenvalue weighted by Crippen LogP contribution is 2.38. The van der Waals surface area contributed by atoms with E-state index < -0.39 is 26.5 Å². The molecule has 1 fully saturated rings. The van der Waals surface area contributed by atoms with E-state index in [0.29, 0.717) is 13.2 Å². The molecular formula is C32H62NO8P. The molecule has 0 radical (unpaired) electrons. The van der Waals surface area contributed by atoms with Gasteiger partial charge in [0, 0.05) is 19.4 Å². The van der Waals surface area contributed by atoms with Crippen LogP contribution in [0.5, 0.6) is 0 Å². The van der Waals surface area contributed by atoms with E-state index in [0.717, 1.165) is 49.7 Å². The molecular weight excluding hydrogens is 557 g/mol. The minimum Gasteiger partial charge on any atom is -0.756 e. The zero-order valence-corrected chi connectivity index (χ0v) is 28.0. The maximum atomic E-state index is 12.3. The van der Waals surface area contributed by atoms with Crippen LogP contribution in [0.25, 0.3) is 0 Å². The molecule has 0 aliphatic carbocycles. The number of Topliss-reactive ketones (excluding diaryl/α,β-unsaturated/α-hetero) is 1. The van der Waals surface area contributed by atoms with Gasteiger partial charge in [-0.25, -0.2) is 0 Å². The van der Waals surface area contributed by atoms with Gasteiger partial charge in [0.15, 0.2) is 0 Å². The number of ketones is 1.